The number of aliphatic hydroxyl groups is 1. The summed E-state index contributed by atoms with van der Waals surface area (Å²) >= 11 is 1.33. The second kappa shape index (κ2) is 3.97. The molecule has 80 valence electrons. The molecule has 0 bridgehead atoms. The first-order chi connectivity index (χ1) is 6.30. The third kappa shape index (κ3) is 1.63. The van der Waals surface area contributed by atoms with Gasteiger partial charge in [-0.2, -0.15) is 0 Å². The first-order valence-electron chi connectivity index (χ1n) is 4.26. The van der Waals surface area contributed by atoms with Crippen molar-refractivity contribution in [3.05, 3.63) is 0 Å². The first-order valence-corrected chi connectivity index (χ1v) is 5.14. The first kappa shape index (κ1) is 13.9. The van der Waals surface area contributed by atoms with Crippen LogP contribution in [-0.4, -0.2) is 94.2 Å². The fourth-order valence-electron chi connectivity index (χ4n) is 1.94. The number of hydrogen-bond donors (Lipinski definition) is 2. The summed E-state index contributed by atoms with van der Waals surface area (Å²) in [5.74, 6) is -1.65. The quantitative estimate of drug-likeness (QED) is 0.475. The molecular weight excluding hydrogens is 245 g/mol. The molecule has 0 aromatic rings. The number of β-lactam (4-membered cyclic amide) rings is 1. The summed E-state index contributed by atoms with van der Waals surface area (Å²) in [6, 6.07) is 0. The second-order valence-corrected chi connectivity index (χ2v) is 5.83. The maximum absolute atomic E-state index is 11.2. The van der Waals surface area contributed by atoms with Crippen molar-refractivity contribution < 1.29 is 19.8 Å². The predicted octanol–water partition coefficient (Wildman–Crippen LogP) is -0.805. The summed E-state index contributed by atoms with van der Waals surface area (Å²) in [5, 5.41) is 18.9. The van der Waals surface area contributed by atoms with Gasteiger partial charge in [-0.3, -0.25) is 9.69 Å². The van der Waals surface area contributed by atoms with Gasteiger partial charge < -0.3 is 10.2 Å². The monoisotopic (exact) mass is 257 g/mol. The molecule has 2 N–H and O–H groups in total. The van der Waals surface area contributed by atoms with E-state index < -0.39 is 16.4 Å². The minimum atomic E-state index is -2.06. The molecule has 0 spiro atoms. The molecule has 0 aromatic heterocycles. The number of thioether (sulfide) groups is 1. The van der Waals surface area contributed by atoms with Gasteiger partial charge in [0.25, 0.3) is 5.72 Å². The van der Waals surface area contributed by atoms with Crippen LogP contribution in [0.3, 0.4) is 0 Å². The molecule has 1 amide bonds. The van der Waals surface area contributed by atoms with E-state index in [0.29, 0.717) is 6.42 Å². The number of carboxylic acid groups (broad SMARTS) is 1. The van der Waals surface area contributed by atoms with Gasteiger partial charge in [0.05, 0.1) is 16.5 Å². The molecule has 0 aliphatic carbocycles. The van der Waals surface area contributed by atoms with Gasteiger partial charge in [0.1, 0.15) is 0 Å². The van der Waals surface area contributed by atoms with Crippen LogP contribution in [0.4, 0.5) is 0 Å². The van der Waals surface area contributed by atoms with E-state index >= 15 is 0 Å². The fraction of sp³-hybridized carbons (Fsp3) is 0.750. The molecular formula is C8H12KNO4S. The third-order valence-electron chi connectivity index (χ3n) is 2.82. The molecule has 0 radical (unpaired) electrons. The summed E-state index contributed by atoms with van der Waals surface area (Å²) < 4.78 is -0.865. The molecule has 5 nitrogen and oxygen atoms in total. The summed E-state index contributed by atoms with van der Waals surface area (Å²) in [7, 11) is 0. The van der Waals surface area contributed by atoms with E-state index in [2.05, 4.69) is 0 Å². The Balaban J connectivity index is 0.00000112. The molecule has 2 aliphatic heterocycles. The van der Waals surface area contributed by atoms with Crippen LogP contribution < -0.4 is 0 Å². The molecule has 2 saturated heterocycles. The van der Waals surface area contributed by atoms with Crippen molar-refractivity contribution in [2.75, 3.05) is 0 Å². The fourth-order valence-corrected chi connectivity index (χ4v) is 3.57. The van der Waals surface area contributed by atoms with Gasteiger partial charge in [0.15, 0.2) is 0 Å². The van der Waals surface area contributed by atoms with Gasteiger partial charge in [-0.1, -0.05) is 0 Å². The SMILES string of the molecule is CC1(C)S[C@@H]2CC(=O)N2[C@]1(O)C(=O)O.[KH]. The molecule has 2 atom stereocenters. The van der Waals surface area contributed by atoms with Crippen molar-refractivity contribution in [2.45, 2.75) is 36.1 Å². The Morgan fingerprint density at radius 1 is 1.60 bits per heavy atom. The zero-order valence-electron chi connectivity index (χ0n) is 7.85. The average molecular weight is 257 g/mol. The van der Waals surface area contributed by atoms with Gasteiger partial charge in [-0.25, -0.2) is 4.79 Å². The van der Waals surface area contributed by atoms with E-state index in [1.807, 2.05) is 0 Å². The van der Waals surface area contributed by atoms with Gasteiger partial charge in [-0.05, 0) is 13.8 Å². The Hall–Kier alpha value is 0.886. The van der Waals surface area contributed by atoms with Crippen molar-refractivity contribution in [1.82, 2.24) is 4.90 Å². The van der Waals surface area contributed by atoms with Crippen LogP contribution in [0.2, 0.25) is 0 Å². The molecule has 7 heteroatoms. The minimum absolute atomic E-state index is 0. The number of aliphatic carboxylic acids is 1. The average Bonchev–Trinajstić information content (AvgIpc) is 2.16. The number of amides is 1. The molecule has 2 aliphatic rings. The summed E-state index contributed by atoms with van der Waals surface area (Å²) in [6.07, 6.45) is 0.323. The van der Waals surface area contributed by atoms with E-state index in [9.17, 15) is 14.7 Å². The Morgan fingerprint density at radius 3 is 2.47 bits per heavy atom. The van der Waals surface area contributed by atoms with Gasteiger partial charge in [0.2, 0.25) is 5.91 Å². The van der Waals surface area contributed by atoms with Gasteiger partial charge in [0, 0.05) is 0 Å². The van der Waals surface area contributed by atoms with Gasteiger partial charge in [-0.15, -0.1) is 11.8 Å². The maximum atomic E-state index is 11.2. The van der Waals surface area contributed by atoms with Gasteiger partial charge >= 0.3 is 57.4 Å². The predicted molar refractivity (Wildman–Crippen MR) is 56.7 cm³/mol. The Labute approximate surface area is 134 Å². The Morgan fingerprint density at radius 2 is 2.13 bits per heavy atom. The van der Waals surface area contributed by atoms with Crippen LogP contribution in [0.15, 0.2) is 0 Å². The number of rotatable bonds is 1. The van der Waals surface area contributed by atoms with E-state index in [1.54, 1.807) is 13.8 Å². The van der Waals surface area contributed by atoms with Crippen LogP contribution in [0.1, 0.15) is 20.3 Å². The van der Waals surface area contributed by atoms with E-state index in [0.717, 1.165) is 4.90 Å². The zero-order chi connectivity index (χ0) is 10.7. The summed E-state index contributed by atoms with van der Waals surface area (Å²) in [4.78, 5) is 23.3. The van der Waals surface area contributed by atoms with E-state index in [4.69, 9.17) is 5.11 Å². The van der Waals surface area contributed by atoms with Crippen molar-refractivity contribution in [1.29, 1.82) is 0 Å². The number of hydrogen-bond acceptors (Lipinski definition) is 4. The molecule has 2 fully saturated rings. The van der Waals surface area contributed by atoms with Crippen LogP contribution in [0.25, 0.3) is 0 Å². The topological polar surface area (TPSA) is 77.8 Å². The Kier molecular flexibility index (Phi) is 3.69. The van der Waals surface area contributed by atoms with E-state index in [-0.39, 0.29) is 62.7 Å². The van der Waals surface area contributed by atoms with Crippen LogP contribution >= 0.6 is 11.8 Å². The van der Waals surface area contributed by atoms with Crippen molar-refractivity contribution in [2.24, 2.45) is 0 Å². The molecule has 15 heavy (non-hydrogen) atoms. The summed E-state index contributed by atoms with van der Waals surface area (Å²) in [6.45, 7) is 3.27. The molecule has 0 aromatic carbocycles. The molecule has 0 saturated carbocycles. The molecule has 2 heterocycles. The zero-order valence-corrected chi connectivity index (χ0v) is 8.67. The number of carbonyl (C=O) groups is 2. The normalized spacial score (nSPS) is 36.6. The van der Waals surface area contributed by atoms with Crippen molar-refractivity contribution >= 4 is 75.0 Å². The van der Waals surface area contributed by atoms with Crippen molar-refractivity contribution in [3.8, 4) is 0 Å². The third-order valence-corrected chi connectivity index (χ3v) is 4.35. The van der Waals surface area contributed by atoms with Crippen LogP contribution in [0.5, 0.6) is 0 Å². The van der Waals surface area contributed by atoms with E-state index in [1.165, 1.54) is 11.8 Å². The number of fused-ring (bicyclic) bond motifs is 1. The van der Waals surface area contributed by atoms with Crippen molar-refractivity contribution in [3.63, 3.8) is 0 Å². The standard InChI is InChI=1S/C8H11NO4S.K.H/c1-7(2)8(13,6(11)12)9-4(10)3-5(9)14-7;;/h5,13H,3H2,1-2H3,(H,11,12);;/t5-,8+;;/m1../s1. The second-order valence-electron chi connectivity index (χ2n) is 4.03. The number of carbonyl (C=O) groups excluding carboxylic acids is 1. The van der Waals surface area contributed by atoms with Crippen LogP contribution in [0, 0.1) is 0 Å². The summed E-state index contributed by atoms with van der Waals surface area (Å²) in [5.41, 5.74) is -2.06. The molecule has 2 rings (SSSR count). The Bertz CT molecular complexity index is 335. The number of nitrogens with zero attached hydrogens (tertiary/aromatic N) is 1. The number of carboxylic acids is 1. The van der Waals surface area contributed by atoms with Crippen LogP contribution in [-0.2, 0) is 9.59 Å². The molecule has 0 unspecified atom stereocenters.